The molecule has 0 fully saturated rings. The second-order valence-corrected chi connectivity index (χ2v) is 4.32. The topological polar surface area (TPSA) is 46.2 Å². The number of carbonyl (C=O) groups excluding carboxylic acids is 2. The van der Waals surface area contributed by atoms with Crippen molar-refractivity contribution < 1.29 is 9.59 Å². The number of amides is 1. The third-order valence-corrected chi connectivity index (χ3v) is 2.61. The summed E-state index contributed by atoms with van der Waals surface area (Å²) in [6.07, 6.45) is 0.384. The van der Waals surface area contributed by atoms with E-state index >= 15 is 0 Å². The van der Waals surface area contributed by atoms with Crippen molar-refractivity contribution in [2.45, 2.75) is 33.2 Å². The van der Waals surface area contributed by atoms with E-state index in [-0.39, 0.29) is 17.6 Å². The van der Waals surface area contributed by atoms with Crippen molar-refractivity contribution in [3.63, 3.8) is 0 Å². The highest BCUT2D eigenvalue weighted by Gasteiger charge is 2.23. The van der Waals surface area contributed by atoms with Crippen LogP contribution in [0, 0.1) is 5.92 Å². The zero-order valence-corrected chi connectivity index (χ0v) is 10.6. The van der Waals surface area contributed by atoms with Gasteiger partial charge in [0.2, 0.25) is 5.91 Å². The SMILES string of the molecule is CCC(=O)N[C@@H](C(=O)C(C)C)c1ccccc1. The van der Waals surface area contributed by atoms with E-state index < -0.39 is 6.04 Å². The zero-order valence-electron chi connectivity index (χ0n) is 10.6. The van der Waals surface area contributed by atoms with E-state index in [1.807, 2.05) is 44.2 Å². The van der Waals surface area contributed by atoms with Crippen LogP contribution in [-0.4, -0.2) is 11.7 Å². The molecule has 1 N–H and O–H groups in total. The highest BCUT2D eigenvalue weighted by atomic mass is 16.2. The predicted octanol–water partition coefficient (Wildman–Crippen LogP) is 2.48. The van der Waals surface area contributed by atoms with Crippen molar-refractivity contribution in [1.82, 2.24) is 5.32 Å². The molecule has 1 aromatic rings. The number of nitrogens with one attached hydrogen (secondary N) is 1. The summed E-state index contributed by atoms with van der Waals surface area (Å²) >= 11 is 0. The van der Waals surface area contributed by atoms with Gasteiger partial charge >= 0.3 is 0 Å². The molecule has 1 atom stereocenters. The summed E-state index contributed by atoms with van der Waals surface area (Å²) in [4.78, 5) is 23.5. The van der Waals surface area contributed by atoms with Crippen molar-refractivity contribution in [2.24, 2.45) is 5.92 Å². The molecule has 0 aliphatic carbocycles. The van der Waals surface area contributed by atoms with Crippen molar-refractivity contribution in [3.8, 4) is 0 Å². The molecule has 0 unspecified atom stereocenters. The maximum atomic E-state index is 12.1. The van der Waals surface area contributed by atoms with Gasteiger partial charge in [-0.1, -0.05) is 51.1 Å². The van der Waals surface area contributed by atoms with Crippen LogP contribution in [0.25, 0.3) is 0 Å². The second-order valence-electron chi connectivity index (χ2n) is 4.32. The molecule has 3 heteroatoms. The van der Waals surface area contributed by atoms with E-state index in [4.69, 9.17) is 0 Å². The predicted molar refractivity (Wildman–Crippen MR) is 67.5 cm³/mol. The summed E-state index contributed by atoms with van der Waals surface area (Å²) in [5.41, 5.74) is 0.841. The fourth-order valence-corrected chi connectivity index (χ4v) is 1.56. The summed E-state index contributed by atoms with van der Waals surface area (Å²) in [7, 11) is 0. The van der Waals surface area contributed by atoms with Gasteiger partial charge in [0.25, 0.3) is 0 Å². The van der Waals surface area contributed by atoms with Gasteiger partial charge in [0.1, 0.15) is 6.04 Å². The molecule has 0 aliphatic heterocycles. The van der Waals surface area contributed by atoms with Gasteiger partial charge < -0.3 is 5.32 Å². The van der Waals surface area contributed by atoms with Crippen LogP contribution in [0.1, 0.15) is 38.8 Å². The second kappa shape index (κ2) is 6.18. The normalized spacial score (nSPS) is 12.2. The van der Waals surface area contributed by atoms with Gasteiger partial charge in [0.15, 0.2) is 5.78 Å². The Bertz CT molecular complexity index is 384. The highest BCUT2D eigenvalue weighted by Crippen LogP contribution is 2.17. The monoisotopic (exact) mass is 233 g/mol. The quantitative estimate of drug-likeness (QED) is 0.849. The van der Waals surface area contributed by atoms with E-state index in [0.717, 1.165) is 5.56 Å². The molecule has 1 rings (SSSR count). The van der Waals surface area contributed by atoms with Gasteiger partial charge in [-0.2, -0.15) is 0 Å². The molecule has 0 spiro atoms. The summed E-state index contributed by atoms with van der Waals surface area (Å²) in [6.45, 7) is 5.46. The van der Waals surface area contributed by atoms with Gasteiger partial charge in [-0.3, -0.25) is 9.59 Å². The molecule has 0 bridgehead atoms. The van der Waals surface area contributed by atoms with Gasteiger partial charge in [0, 0.05) is 12.3 Å². The van der Waals surface area contributed by atoms with Crippen LogP contribution < -0.4 is 5.32 Å². The number of rotatable bonds is 5. The standard InChI is InChI=1S/C14H19NO2/c1-4-12(16)15-13(14(17)10(2)3)11-8-6-5-7-9-11/h5-10,13H,4H2,1-3H3,(H,15,16)/t13-/m1/s1. The molecule has 0 heterocycles. The first kappa shape index (κ1) is 13.4. The lowest BCUT2D eigenvalue weighted by atomic mass is 9.95. The van der Waals surface area contributed by atoms with Crippen LogP contribution in [0.15, 0.2) is 30.3 Å². The Morgan fingerprint density at radius 1 is 1.18 bits per heavy atom. The number of hydrogen-bond donors (Lipinski definition) is 1. The molecule has 0 radical (unpaired) electrons. The molecule has 92 valence electrons. The fourth-order valence-electron chi connectivity index (χ4n) is 1.56. The van der Waals surface area contributed by atoms with Crippen molar-refractivity contribution in [1.29, 1.82) is 0 Å². The molecule has 0 saturated carbocycles. The lowest BCUT2D eigenvalue weighted by Crippen LogP contribution is -2.35. The van der Waals surface area contributed by atoms with Crippen LogP contribution in [-0.2, 0) is 9.59 Å². The summed E-state index contributed by atoms with van der Waals surface area (Å²) in [6, 6.07) is 8.83. The van der Waals surface area contributed by atoms with Gasteiger partial charge in [0.05, 0.1) is 0 Å². The Morgan fingerprint density at radius 3 is 2.24 bits per heavy atom. The van der Waals surface area contributed by atoms with Gasteiger partial charge in [-0.15, -0.1) is 0 Å². The van der Waals surface area contributed by atoms with Crippen LogP contribution in [0.3, 0.4) is 0 Å². The molecule has 1 amide bonds. The molecule has 0 aliphatic rings. The average Bonchev–Trinajstić information content (AvgIpc) is 2.35. The minimum absolute atomic E-state index is 0.0398. The number of carbonyl (C=O) groups is 2. The van der Waals surface area contributed by atoms with Crippen LogP contribution in [0.4, 0.5) is 0 Å². The smallest absolute Gasteiger partial charge is 0.220 e. The maximum absolute atomic E-state index is 12.1. The zero-order chi connectivity index (χ0) is 12.8. The van der Waals surface area contributed by atoms with Crippen molar-refractivity contribution >= 4 is 11.7 Å². The summed E-state index contributed by atoms with van der Waals surface area (Å²) < 4.78 is 0. The van der Waals surface area contributed by atoms with E-state index in [1.165, 1.54) is 0 Å². The lowest BCUT2D eigenvalue weighted by molar-refractivity contribution is -0.129. The molecule has 0 saturated heterocycles. The number of benzene rings is 1. The summed E-state index contributed by atoms with van der Waals surface area (Å²) in [5, 5.41) is 2.78. The number of hydrogen-bond acceptors (Lipinski definition) is 2. The first-order chi connectivity index (χ1) is 8.06. The Kier molecular flexibility index (Phi) is 4.88. The van der Waals surface area contributed by atoms with Crippen molar-refractivity contribution in [3.05, 3.63) is 35.9 Å². The third kappa shape index (κ3) is 3.70. The maximum Gasteiger partial charge on any atom is 0.220 e. The minimum atomic E-state index is -0.524. The van der Waals surface area contributed by atoms with E-state index in [2.05, 4.69) is 5.32 Å². The molecule has 17 heavy (non-hydrogen) atoms. The summed E-state index contributed by atoms with van der Waals surface area (Å²) in [5.74, 6) is -0.164. The Labute approximate surface area is 102 Å². The van der Waals surface area contributed by atoms with Crippen molar-refractivity contribution in [2.75, 3.05) is 0 Å². The minimum Gasteiger partial charge on any atom is -0.342 e. The number of ketones is 1. The third-order valence-electron chi connectivity index (χ3n) is 2.61. The van der Waals surface area contributed by atoms with Gasteiger partial charge in [-0.25, -0.2) is 0 Å². The Morgan fingerprint density at radius 2 is 1.76 bits per heavy atom. The molecular formula is C14H19NO2. The van der Waals surface area contributed by atoms with Gasteiger partial charge in [-0.05, 0) is 5.56 Å². The highest BCUT2D eigenvalue weighted by molar-refractivity contribution is 5.91. The van der Waals surface area contributed by atoms with Crippen LogP contribution >= 0.6 is 0 Å². The van der Waals surface area contributed by atoms with E-state index in [1.54, 1.807) is 6.92 Å². The Hall–Kier alpha value is -1.64. The first-order valence-corrected chi connectivity index (χ1v) is 5.94. The van der Waals surface area contributed by atoms with Crippen LogP contribution in [0.2, 0.25) is 0 Å². The lowest BCUT2D eigenvalue weighted by Gasteiger charge is -2.19. The van der Waals surface area contributed by atoms with Crippen LogP contribution in [0.5, 0.6) is 0 Å². The first-order valence-electron chi connectivity index (χ1n) is 5.94. The molecule has 0 aromatic heterocycles. The molecular weight excluding hydrogens is 214 g/mol. The van der Waals surface area contributed by atoms with E-state index in [0.29, 0.717) is 6.42 Å². The largest absolute Gasteiger partial charge is 0.342 e. The Balaban J connectivity index is 2.94. The fraction of sp³-hybridized carbons (Fsp3) is 0.429. The van der Waals surface area contributed by atoms with E-state index in [9.17, 15) is 9.59 Å². The molecule has 3 nitrogen and oxygen atoms in total. The molecule has 1 aromatic carbocycles. The average molecular weight is 233 g/mol. The number of Topliss-reactive ketones (excluding diaryl/α,β-unsaturated/α-hetero) is 1.